The summed E-state index contributed by atoms with van der Waals surface area (Å²) >= 11 is 0. The van der Waals surface area contributed by atoms with Crippen LogP contribution in [0.25, 0.3) is 0 Å². The Morgan fingerprint density at radius 1 is 1.04 bits per heavy atom. The Bertz CT molecular complexity index is 484. The molecule has 0 heteroatoms. The summed E-state index contributed by atoms with van der Waals surface area (Å²) in [5, 5.41) is 0. The van der Waals surface area contributed by atoms with Crippen molar-refractivity contribution < 1.29 is 0 Å². The maximum absolute atomic E-state index is 4.15. The van der Waals surface area contributed by atoms with Gasteiger partial charge in [-0.15, -0.1) is 19.7 Å². The third kappa shape index (κ3) is 2.67. The predicted molar refractivity (Wildman–Crippen MR) is 101 cm³/mol. The van der Waals surface area contributed by atoms with Crippen molar-refractivity contribution in [3.63, 3.8) is 0 Å². The van der Waals surface area contributed by atoms with E-state index in [-0.39, 0.29) is 0 Å². The fraction of sp³-hybridized carbons (Fsp3) is 0.739. The van der Waals surface area contributed by atoms with Crippen molar-refractivity contribution in [1.29, 1.82) is 0 Å². The SMILES string of the molecule is C=C.C=CC1CCC2C3CCC4=C(CCC(C)C4)C3CCC12C. The van der Waals surface area contributed by atoms with E-state index in [1.54, 1.807) is 0 Å². The first kappa shape index (κ1) is 17.1. The minimum absolute atomic E-state index is 0.586. The Balaban J connectivity index is 0.000000753. The molecule has 6 atom stereocenters. The van der Waals surface area contributed by atoms with Crippen LogP contribution in [0.2, 0.25) is 0 Å². The summed E-state index contributed by atoms with van der Waals surface area (Å²) in [6, 6.07) is 0. The predicted octanol–water partition coefficient (Wildman–Crippen LogP) is 6.94. The summed E-state index contributed by atoms with van der Waals surface area (Å²) in [4.78, 5) is 0. The third-order valence-corrected chi connectivity index (χ3v) is 7.98. The highest BCUT2D eigenvalue weighted by molar-refractivity contribution is 5.27. The summed E-state index contributed by atoms with van der Waals surface area (Å²) in [5.41, 5.74) is 4.44. The van der Waals surface area contributed by atoms with Crippen LogP contribution in [0.5, 0.6) is 0 Å². The molecular weight excluding hydrogens is 276 g/mol. The number of hydrogen-bond acceptors (Lipinski definition) is 0. The Kier molecular flexibility index (Phi) is 4.90. The molecule has 6 unspecified atom stereocenters. The molecule has 0 amide bonds. The molecule has 2 fully saturated rings. The van der Waals surface area contributed by atoms with E-state index >= 15 is 0 Å². The van der Waals surface area contributed by atoms with Gasteiger partial charge in [-0.2, -0.15) is 0 Å². The average molecular weight is 313 g/mol. The van der Waals surface area contributed by atoms with E-state index in [0.717, 1.165) is 29.6 Å². The van der Waals surface area contributed by atoms with Crippen LogP contribution in [0.4, 0.5) is 0 Å². The Morgan fingerprint density at radius 2 is 1.83 bits per heavy atom. The lowest BCUT2D eigenvalue weighted by atomic mass is 9.53. The molecule has 0 saturated heterocycles. The first-order chi connectivity index (χ1) is 11.1. The first-order valence-corrected chi connectivity index (χ1v) is 9.97. The van der Waals surface area contributed by atoms with Gasteiger partial charge >= 0.3 is 0 Å². The summed E-state index contributed by atoms with van der Waals surface area (Å²) < 4.78 is 0. The quantitative estimate of drug-likeness (QED) is 0.460. The zero-order chi connectivity index (χ0) is 16.6. The van der Waals surface area contributed by atoms with E-state index in [9.17, 15) is 0 Å². The van der Waals surface area contributed by atoms with Crippen molar-refractivity contribution in [3.05, 3.63) is 37.0 Å². The fourth-order valence-electron chi connectivity index (χ4n) is 6.83. The fourth-order valence-corrected chi connectivity index (χ4v) is 6.83. The van der Waals surface area contributed by atoms with Crippen molar-refractivity contribution in [1.82, 2.24) is 0 Å². The van der Waals surface area contributed by atoms with Gasteiger partial charge in [0, 0.05) is 0 Å². The van der Waals surface area contributed by atoms with Gasteiger partial charge in [0.2, 0.25) is 0 Å². The van der Waals surface area contributed by atoms with Crippen LogP contribution in [0.15, 0.2) is 37.0 Å². The van der Waals surface area contributed by atoms with Gasteiger partial charge in [0.1, 0.15) is 0 Å². The molecule has 0 aromatic heterocycles. The molecular formula is C23H36. The standard InChI is InChI=1S/C21H32.C2H4/c1-4-16-7-10-20-19-9-6-15-13-14(2)5-8-17(15)18(19)11-12-21(16,20)3;1-2/h4,14,16,18-20H,1,5-13H2,2-3H3;1-2H2. The van der Waals surface area contributed by atoms with Gasteiger partial charge in [-0.3, -0.25) is 0 Å². The Hall–Kier alpha value is -0.780. The minimum Gasteiger partial charge on any atom is -0.106 e. The summed E-state index contributed by atoms with van der Waals surface area (Å²) in [7, 11) is 0. The molecule has 0 aromatic rings. The lowest BCUT2D eigenvalue weighted by Crippen LogP contribution is -2.43. The van der Waals surface area contributed by atoms with Crippen LogP contribution in [0, 0.1) is 35.0 Å². The van der Waals surface area contributed by atoms with Gasteiger partial charge < -0.3 is 0 Å². The number of hydrogen-bond donors (Lipinski definition) is 0. The van der Waals surface area contributed by atoms with Gasteiger partial charge in [0.25, 0.3) is 0 Å². The zero-order valence-electron chi connectivity index (χ0n) is 15.4. The van der Waals surface area contributed by atoms with E-state index in [4.69, 9.17) is 0 Å². The molecule has 4 aliphatic rings. The molecule has 4 aliphatic carbocycles. The van der Waals surface area contributed by atoms with Crippen LogP contribution >= 0.6 is 0 Å². The molecule has 23 heavy (non-hydrogen) atoms. The second kappa shape index (κ2) is 6.61. The van der Waals surface area contributed by atoms with E-state index < -0.39 is 0 Å². The second-order valence-corrected chi connectivity index (χ2v) is 8.86. The van der Waals surface area contributed by atoms with Crippen LogP contribution in [0.1, 0.15) is 71.6 Å². The van der Waals surface area contributed by atoms with E-state index in [2.05, 4.69) is 39.7 Å². The largest absolute Gasteiger partial charge is 0.106 e. The summed E-state index contributed by atoms with van der Waals surface area (Å²) in [5.74, 6) is 4.73. The zero-order valence-corrected chi connectivity index (χ0v) is 15.4. The highest BCUT2D eigenvalue weighted by Gasteiger charge is 2.54. The third-order valence-electron chi connectivity index (χ3n) is 7.98. The monoisotopic (exact) mass is 312 g/mol. The highest BCUT2D eigenvalue weighted by atomic mass is 14.6. The molecule has 0 bridgehead atoms. The Morgan fingerprint density at radius 3 is 2.57 bits per heavy atom. The number of allylic oxidation sites excluding steroid dienone is 3. The number of fused-ring (bicyclic) bond motifs is 4. The van der Waals surface area contributed by atoms with Gasteiger partial charge in [-0.25, -0.2) is 0 Å². The van der Waals surface area contributed by atoms with Crippen LogP contribution in [0.3, 0.4) is 0 Å². The van der Waals surface area contributed by atoms with Crippen LogP contribution < -0.4 is 0 Å². The van der Waals surface area contributed by atoms with Crippen molar-refractivity contribution in [2.75, 3.05) is 0 Å². The van der Waals surface area contributed by atoms with Crippen molar-refractivity contribution in [3.8, 4) is 0 Å². The number of rotatable bonds is 1. The molecule has 128 valence electrons. The molecule has 0 nitrogen and oxygen atoms in total. The smallest absolute Gasteiger partial charge is 0.0169 e. The molecule has 0 N–H and O–H groups in total. The molecule has 4 rings (SSSR count). The van der Waals surface area contributed by atoms with Gasteiger partial charge in [0.05, 0.1) is 0 Å². The molecule has 0 spiro atoms. The van der Waals surface area contributed by atoms with E-state index in [1.165, 1.54) is 57.8 Å². The van der Waals surface area contributed by atoms with Crippen LogP contribution in [-0.4, -0.2) is 0 Å². The maximum Gasteiger partial charge on any atom is -0.0169 e. The van der Waals surface area contributed by atoms with Crippen molar-refractivity contribution in [2.24, 2.45) is 35.0 Å². The molecule has 0 aromatic carbocycles. The molecule has 0 aliphatic heterocycles. The highest BCUT2D eigenvalue weighted by Crippen LogP contribution is 2.63. The Labute approximate surface area is 144 Å². The van der Waals surface area contributed by atoms with Crippen molar-refractivity contribution >= 4 is 0 Å². The van der Waals surface area contributed by atoms with Gasteiger partial charge in [-0.05, 0) is 92.8 Å². The molecule has 2 saturated carbocycles. The van der Waals surface area contributed by atoms with E-state index in [1.807, 2.05) is 11.1 Å². The minimum atomic E-state index is 0.586. The van der Waals surface area contributed by atoms with E-state index in [0.29, 0.717) is 5.41 Å². The van der Waals surface area contributed by atoms with Gasteiger partial charge in [0.15, 0.2) is 0 Å². The van der Waals surface area contributed by atoms with Crippen LogP contribution in [-0.2, 0) is 0 Å². The maximum atomic E-state index is 4.15. The molecule has 0 radical (unpaired) electrons. The van der Waals surface area contributed by atoms with Gasteiger partial charge in [-0.1, -0.05) is 31.1 Å². The second-order valence-electron chi connectivity index (χ2n) is 8.86. The topological polar surface area (TPSA) is 0 Å². The van der Waals surface area contributed by atoms with Crippen molar-refractivity contribution in [2.45, 2.75) is 71.6 Å². The average Bonchev–Trinajstić information content (AvgIpc) is 2.92. The summed E-state index contributed by atoms with van der Waals surface area (Å²) in [6.07, 6.45) is 15.4. The normalized spacial score (nSPS) is 45.2. The lowest BCUT2D eigenvalue weighted by Gasteiger charge is -2.52. The lowest BCUT2D eigenvalue weighted by molar-refractivity contribution is 0.0236. The first-order valence-electron chi connectivity index (χ1n) is 9.97. The summed E-state index contributed by atoms with van der Waals surface area (Å²) in [6.45, 7) is 15.2. The molecule has 0 heterocycles.